The first kappa shape index (κ1) is 13.6. The molecule has 106 valence electrons. The molecule has 0 saturated heterocycles. The molecule has 0 aliphatic carbocycles. The Labute approximate surface area is 125 Å². The number of benzene rings is 2. The normalized spacial score (nSPS) is 10.8. The van der Waals surface area contributed by atoms with E-state index in [1.165, 1.54) is 12.1 Å². The highest BCUT2D eigenvalue weighted by Crippen LogP contribution is 2.27. The predicted molar refractivity (Wildman–Crippen MR) is 79.3 cm³/mol. The number of anilines is 1. The van der Waals surface area contributed by atoms with Crippen LogP contribution in [0.25, 0.3) is 22.8 Å². The summed E-state index contributed by atoms with van der Waals surface area (Å²) in [5.74, 6) is 0.240. The van der Waals surface area contributed by atoms with Crippen LogP contribution in [0, 0.1) is 12.7 Å². The van der Waals surface area contributed by atoms with Crippen molar-refractivity contribution in [3.8, 4) is 22.8 Å². The van der Waals surface area contributed by atoms with Crippen molar-refractivity contribution in [3.63, 3.8) is 0 Å². The summed E-state index contributed by atoms with van der Waals surface area (Å²) < 4.78 is 18.4. The molecule has 6 heteroatoms. The van der Waals surface area contributed by atoms with Gasteiger partial charge in [0.25, 0.3) is 5.89 Å². The summed E-state index contributed by atoms with van der Waals surface area (Å²) in [6.07, 6.45) is 0. The van der Waals surface area contributed by atoms with Crippen LogP contribution in [0.4, 0.5) is 10.1 Å². The van der Waals surface area contributed by atoms with Crippen LogP contribution < -0.4 is 5.73 Å². The second-order valence-electron chi connectivity index (χ2n) is 4.63. The van der Waals surface area contributed by atoms with Crippen LogP contribution in [-0.4, -0.2) is 10.1 Å². The lowest BCUT2D eigenvalue weighted by atomic mass is 10.1. The van der Waals surface area contributed by atoms with Crippen LogP contribution in [0.1, 0.15) is 5.56 Å². The third-order valence-electron chi connectivity index (χ3n) is 3.08. The van der Waals surface area contributed by atoms with E-state index >= 15 is 0 Å². The molecular formula is C15H11ClFN3O. The zero-order chi connectivity index (χ0) is 15.0. The van der Waals surface area contributed by atoms with Gasteiger partial charge in [-0.25, -0.2) is 4.39 Å². The number of halogens is 2. The number of nitrogens with zero attached hydrogens (tertiary/aromatic N) is 2. The van der Waals surface area contributed by atoms with Gasteiger partial charge in [-0.1, -0.05) is 16.8 Å². The molecule has 0 aliphatic rings. The fraction of sp³-hybridized carbons (Fsp3) is 0.0667. The Morgan fingerprint density at radius 2 is 2.00 bits per heavy atom. The van der Waals surface area contributed by atoms with Crippen molar-refractivity contribution < 1.29 is 8.91 Å². The summed E-state index contributed by atoms with van der Waals surface area (Å²) >= 11 is 5.76. The van der Waals surface area contributed by atoms with Gasteiger partial charge in [0, 0.05) is 16.8 Å². The molecular weight excluding hydrogens is 293 g/mol. The number of rotatable bonds is 2. The number of hydrogen-bond donors (Lipinski definition) is 1. The van der Waals surface area contributed by atoms with Crippen LogP contribution in [0.5, 0.6) is 0 Å². The lowest BCUT2D eigenvalue weighted by Crippen LogP contribution is -1.89. The summed E-state index contributed by atoms with van der Waals surface area (Å²) in [6, 6.07) is 9.68. The standard InChI is InChI=1S/C15H11ClFN3O/c1-8-6-10(18)3-4-11(8)15-19-14(20-21-15)9-2-5-13(17)12(16)7-9/h2-7H,18H2,1H3. The lowest BCUT2D eigenvalue weighted by Gasteiger charge is -2.01. The molecule has 21 heavy (non-hydrogen) atoms. The third-order valence-corrected chi connectivity index (χ3v) is 3.37. The first-order chi connectivity index (χ1) is 10.0. The zero-order valence-electron chi connectivity index (χ0n) is 11.1. The monoisotopic (exact) mass is 303 g/mol. The third kappa shape index (κ3) is 2.60. The van der Waals surface area contributed by atoms with Gasteiger partial charge in [-0.15, -0.1) is 0 Å². The van der Waals surface area contributed by atoms with E-state index in [9.17, 15) is 4.39 Å². The average molecular weight is 304 g/mol. The van der Waals surface area contributed by atoms with E-state index in [-0.39, 0.29) is 5.02 Å². The summed E-state index contributed by atoms with van der Waals surface area (Å²) in [7, 11) is 0. The Kier molecular flexibility index (Phi) is 3.35. The molecule has 3 rings (SSSR count). The molecule has 0 amide bonds. The van der Waals surface area contributed by atoms with Gasteiger partial charge < -0.3 is 10.3 Å². The Morgan fingerprint density at radius 3 is 2.71 bits per heavy atom. The predicted octanol–water partition coefficient (Wildman–Crippen LogP) is 4.09. The van der Waals surface area contributed by atoms with E-state index in [1.54, 1.807) is 12.1 Å². The molecule has 3 aromatic rings. The fourth-order valence-corrected chi connectivity index (χ4v) is 2.19. The lowest BCUT2D eigenvalue weighted by molar-refractivity contribution is 0.432. The molecule has 0 unspecified atom stereocenters. The number of nitrogen functional groups attached to an aromatic ring is 1. The number of hydrogen-bond acceptors (Lipinski definition) is 4. The zero-order valence-corrected chi connectivity index (χ0v) is 11.9. The molecule has 0 saturated carbocycles. The van der Waals surface area contributed by atoms with E-state index in [1.807, 2.05) is 19.1 Å². The van der Waals surface area contributed by atoms with Crippen molar-refractivity contribution in [3.05, 3.63) is 52.8 Å². The van der Waals surface area contributed by atoms with E-state index in [0.29, 0.717) is 23.0 Å². The molecule has 1 aromatic heterocycles. The maximum atomic E-state index is 13.2. The highest BCUT2D eigenvalue weighted by atomic mass is 35.5. The summed E-state index contributed by atoms with van der Waals surface area (Å²) in [4.78, 5) is 4.31. The topological polar surface area (TPSA) is 64.9 Å². The minimum atomic E-state index is -0.487. The minimum absolute atomic E-state index is 0.0162. The number of aryl methyl sites for hydroxylation is 1. The van der Waals surface area contributed by atoms with Crippen LogP contribution in [0.15, 0.2) is 40.9 Å². The number of nitrogens with two attached hydrogens (primary N) is 1. The second kappa shape index (κ2) is 5.18. The highest BCUT2D eigenvalue weighted by Gasteiger charge is 2.13. The van der Waals surface area contributed by atoms with E-state index in [4.69, 9.17) is 21.9 Å². The van der Waals surface area contributed by atoms with Gasteiger partial charge in [0.2, 0.25) is 5.82 Å². The van der Waals surface area contributed by atoms with Crippen molar-refractivity contribution in [2.24, 2.45) is 0 Å². The Hall–Kier alpha value is -2.40. The first-order valence-corrected chi connectivity index (χ1v) is 6.58. The quantitative estimate of drug-likeness (QED) is 0.724. The summed E-state index contributed by atoms with van der Waals surface area (Å²) in [6.45, 7) is 1.91. The molecule has 0 aliphatic heterocycles. The molecule has 1 heterocycles. The molecule has 0 fully saturated rings. The SMILES string of the molecule is Cc1cc(N)ccc1-c1nc(-c2ccc(F)c(Cl)c2)no1. The molecule has 2 aromatic carbocycles. The van der Waals surface area contributed by atoms with Gasteiger partial charge >= 0.3 is 0 Å². The van der Waals surface area contributed by atoms with E-state index in [0.717, 1.165) is 11.1 Å². The van der Waals surface area contributed by atoms with Gasteiger partial charge in [-0.2, -0.15) is 4.98 Å². The van der Waals surface area contributed by atoms with Crippen LogP contribution in [-0.2, 0) is 0 Å². The van der Waals surface area contributed by atoms with Crippen molar-refractivity contribution in [2.45, 2.75) is 6.92 Å². The Morgan fingerprint density at radius 1 is 1.19 bits per heavy atom. The first-order valence-electron chi connectivity index (χ1n) is 6.20. The summed E-state index contributed by atoms with van der Waals surface area (Å²) in [5.41, 5.74) is 8.71. The van der Waals surface area contributed by atoms with Crippen LogP contribution >= 0.6 is 11.6 Å². The Balaban J connectivity index is 2.01. The largest absolute Gasteiger partial charge is 0.399 e. The van der Waals surface area contributed by atoms with Gasteiger partial charge in [-0.05, 0) is 48.9 Å². The Bertz CT molecular complexity index is 816. The maximum absolute atomic E-state index is 13.2. The fourth-order valence-electron chi connectivity index (χ4n) is 2.01. The highest BCUT2D eigenvalue weighted by molar-refractivity contribution is 6.31. The van der Waals surface area contributed by atoms with Crippen molar-refractivity contribution >= 4 is 17.3 Å². The molecule has 2 N–H and O–H groups in total. The maximum Gasteiger partial charge on any atom is 0.258 e. The van der Waals surface area contributed by atoms with Gasteiger partial charge in [0.05, 0.1) is 5.02 Å². The summed E-state index contributed by atoms with van der Waals surface area (Å²) in [5, 5.41) is 3.91. The molecule has 0 bridgehead atoms. The second-order valence-corrected chi connectivity index (χ2v) is 5.03. The van der Waals surface area contributed by atoms with Gasteiger partial charge in [0.15, 0.2) is 0 Å². The molecule has 4 nitrogen and oxygen atoms in total. The smallest absolute Gasteiger partial charge is 0.258 e. The molecule has 0 atom stereocenters. The van der Waals surface area contributed by atoms with E-state index < -0.39 is 5.82 Å². The van der Waals surface area contributed by atoms with Crippen molar-refractivity contribution in [1.29, 1.82) is 0 Å². The van der Waals surface area contributed by atoms with Gasteiger partial charge in [-0.3, -0.25) is 0 Å². The molecule has 0 spiro atoms. The van der Waals surface area contributed by atoms with Gasteiger partial charge in [0.1, 0.15) is 5.82 Å². The average Bonchev–Trinajstić information content (AvgIpc) is 2.91. The molecule has 0 radical (unpaired) electrons. The van der Waals surface area contributed by atoms with Crippen LogP contribution in [0.3, 0.4) is 0 Å². The van der Waals surface area contributed by atoms with Crippen molar-refractivity contribution in [2.75, 3.05) is 5.73 Å². The van der Waals surface area contributed by atoms with E-state index in [2.05, 4.69) is 10.1 Å². The van der Waals surface area contributed by atoms with Crippen LogP contribution in [0.2, 0.25) is 5.02 Å². The number of aromatic nitrogens is 2. The van der Waals surface area contributed by atoms with Crippen molar-refractivity contribution in [1.82, 2.24) is 10.1 Å². The minimum Gasteiger partial charge on any atom is -0.399 e.